The lowest BCUT2D eigenvalue weighted by molar-refractivity contribution is -0.0517. The number of rotatable bonds is 1. The molecule has 168 valence electrons. The second kappa shape index (κ2) is 8.67. The van der Waals surface area contributed by atoms with Gasteiger partial charge in [0.1, 0.15) is 0 Å². The van der Waals surface area contributed by atoms with E-state index in [1.807, 2.05) is 0 Å². The predicted molar refractivity (Wildman–Crippen MR) is 114 cm³/mol. The van der Waals surface area contributed by atoms with Crippen LogP contribution in [0.3, 0.4) is 0 Å². The molecule has 0 amide bonds. The minimum atomic E-state index is -6.09. The molecule has 0 aliphatic heterocycles. The normalized spacial score (nSPS) is 15.0. The van der Waals surface area contributed by atoms with Gasteiger partial charge in [-0.3, -0.25) is 0 Å². The smallest absolute Gasteiger partial charge is 0.485 e. The Kier molecular flexibility index (Phi) is 6.09. The number of halogens is 3. The molecule has 2 aliphatic rings. The topological polar surface area (TPSA) is 68.5 Å². The molecule has 0 spiro atoms. The number of hydrogen-bond acceptors (Lipinski definition) is 3. The van der Waals surface area contributed by atoms with Crippen LogP contribution in [0.5, 0.6) is 0 Å². The van der Waals surface area contributed by atoms with E-state index in [1.54, 1.807) is 0 Å². The second-order valence-corrected chi connectivity index (χ2v) is 9.19. The highest BCUT2D eigenvalue weighted by Gasteiger charge is 2.37. The number of hydrogen-bond donors (Lipinski definition) is 0. The lowest BCUT2D eigenvalue weighted by Crippen LogP contribution is -2.21. The lowest BCUT2D eigenvalue weighted by Gasteiger charge is -2.20. The number of fused-ring (bicyclic) bond motifs is 4. The fourth-order valence-electron chi connectivity index (χ4n) is 4.36. The first-order valence-corrected chi connectivity index (χ1v) is 11.7. The van der Waals surface area contributed by atoms with Crippen molar-refractivity contribution in [3.05, 3.63) is 77.0 Å². The zero-order chi connectivity index (χ0) is 22.9. The highest BCUT2D eigenvalue weighted by molar-refractivity contribution is 7.86. The molecule has 0 bridgehead atoms. The monoisotopic (exact) mass is 462 g/mol. The van der Waals surface area contributed by atoms with Gasteiger partial charge in [0, 0.05) is 5.56 Å². The van der Waals surface area contributed by atoms with Crippen LogP contribution >= 0.6 is 0 Å². The molecule has 4 nitrogen and oxygen atoms in total. The molecule has 0 atom stereocenters. The molecular formula is C24H21F3O4S. The Morgan fingerprint density at radius 3 is 2.12 bits per heavy atom. The Balaban J connectivity index is 0.000000265. The maximum absolute atomic E-state index is 10.7. The highest BCUT2D eigenvalue weighted by atomic mass is 32.2. The van der Waals surface area contributed by atoms with Crippen LogP contribution in [0, 0.1) is 0 Å². The van der Waals surface area contributed by atoms with Gasteiger partial charge >= 0.3 is 17.0 Å². The summed E-state index contributed by atoms with van der Waals surface area (Å²) >= 11 is 0. The Morgan fingerprint density at radius 2 is 1.44 bits per heavy atom. The SMILES string of the molecule is O=S(=O)([O-])C(F)(F)F.c1ccc(-c2c3c([o+]c4c2CCc2ccccc2-4)CCCC3)cc1. The van der Waals surface area contributed by atoms with E-state index >= 15 is 0 Å². The molecule has 0 unspecified atom stereocenters. The van der Waals surface area contributed by atoms with Gasteiger partial charge in [0.05, 0.1) is 23.1 Å². The van der Waals surface area contributed by atoms with Crippen LogP contribution in [0.25, 0.3) is 22.5 Å². The van der Waals surface area contributed by atoms with Crippen molar-refractivity contribution in [3.63, 3.8) is 0 Å². The summed E-state index contributed by atoms with van der Waals surface area (Å²) < 4.78 is 65.4. The Labute approximate surface area is 184 Å². The third-order valence-electron chi connectivity index (χ3n) is 5.77. The van der Waals surface area contributed by atoms with Crippen molar-refractivity contribution in [2.75, 3.05) is 0 Å². The van der Waals surface area contributed by atoms with Crippen LogP contribution in [0.1, 0.15) is 35.3 Å². The summed E-state index contributed by atoms with van der Waals surface area (Å²) in [6, 6.07) is 19.7. The molecule has 0 saturated heterocycles. The summed E-state index contributed by atoms with van der Waals surface area (Å²) in [6.45, 7) is 0. The van der Waals surface area contributed by atoms with Crippen molar-refractivity contribution in [2.45, 2.75) is 44.0 Å². The third kappa shape index (κ3) is 4.42. The zero-order valence-electron chi connectivity index (χ0n) is 17.1. The molecule has 3 aromatic rings. The van der Waals surface area contributed by atoms with Gasteiger partial charge in [-0.25, -0.2) is 12.8 Å². The summed E-state index contributed by atoms with van der Waals surface area (Å²) in [5.74, 6) is 2.34. The standard InChI is InChI=1S/C23H21O.CHF3O3S/c1-2-9-17(10-3-1)22-19-12-6-7-13-21(19)24-23-18-11-5-4-8-16(18)14-15-20(22)23;2-1(3,4)8(5,6)7/h1-5,8-11H,6-7,12-15H2;(H,5,6,7)/q+1;/p-1. The fraction of sp³-hybridized carbons (Fsp3) is 0.292. The molecule has 1 aromatic heterocycles. The summed E-state index contributed by atoms with van der Waals surface area (Å²) in [7, 11) is -6.09. The number of aryl methyl sites for hydroxylation is 2. The summed E-state index contributed by atoms with van der Waals surface area (Å²) in [6.07, 6.45) is 6.93. The van der Waals surface area contributed by atoms with E-state index in [2.05, 4.69) is 54.6 Å². The van der Waals surface area contributed by atoms with Crippen molar-refractivity contribution < 1.29 is 30.6 Å². The van der Waals surface area contributed by atoms with Crippen LogP contribution in [-0.2, 0) is 35.8 Å². The Bertz CT molecular complexity index is 1240. The summed E-state index contributed by atoms with van der Waals surface area (Å²) in [5, 5.41) is 0. The van der Waals surface area contributed by atoms with Crippen LogP contribution in [0.15, 0.2) is 59.0 Å². The first-order chi connectivity index (χ1) is 15.2. The van der Waals surface area contributed by atoms with E-state index in [9.17, 15) is 13.2 Å². The van der Waals surface area contributed by atoms with Crippen LogP contribution < -0.4 is 0 Å². The van der Waals surface area contributed by atoms with Crippen LogP contribution in [-0.4, -0.2) is 18.5 Å². The van der Waals surface area contributed by atoms with Gasteiger partial charge in [-0.15, -0.1) is 0 Å². The molecule has 0 saturated carbocycles. The first-order valence-electron chi connectivity index (χ1n) is 10.3. The van der Waals surface area contributed by atoms with Crippen molar-refractivity contribution >= 4 is 10.1 Å². The van der Waals surface area contributed by atoms with Gasteiger partial charge in [0.2, 0.25) is 0 Å². The van der Waals surface area contributed by atoms with Gasteiger partial charge in [-0.2, -0.15) is 13.2 Å². The zero-order valence-corrected chi connectivity index (χ0v) is 17.9. The average molecular weight is 462 g/mol. The van der Waals surface area contributed by atoms with Crippen molar-refractivity contribution in [1.29, 1.82) is 0 Å². The van der Waals surface area contributed by atoms with Crippen molar-refractivity contribution in [1.82, 2.24) is 0 Å². The van der Waals surface area contributed by atoms with Crippen LogP contribution in [0.2, 0.25) is 0 Å². The lowest BCUT2D eigenvalue weighted by atomic mass is 9.81. The molecule has 2 aliphatic carbocycles. The molecular weight excluding hydrogens is 441 g/mol. The second-order valence-electron chi connectivity index (χ2n) is 7.82. The molecule has 2 aromatic carbocycles. The van der Waals surface area contributed by atoms with Gasteiger partial charge in [-0.05, 0) is 49.3 Å². The fourth-order valence-corrected chi connectivity index (χ4v) is 4.36. The largest absolute Gasteiger partial charge is 0.741 e. The molecule has 8 heteroatoms. The van der Waals surface area contributed by atoms with Gasteiger partial charge < -0.3 is 4.55 Å². The highest BCUT2D eigenvalue weighted by Crippen LogP contribution is 2.43. The molecule has 1 heterocycles. The van der Waals surface area contributed by atoms with E-state index in [0.29, 0.717) is 0 Å². The Morgan fingerprint density at radius 1 is 0.812 bits per heavy atom. The maximum Gasteiger partial charge on any atom is 0.485 e. The van der Waals surface area contributed by atoms with E-state index in [0.717, 1.165) is 31.4 Å². The summed E-state index contributed by atoms with van der Waals surface area (Å²) in [4.78, 5) is 0. The summed E-state index contributed by atoms with van der Waals surface area (Å²) in [5.41, 5.74) is 2.76. The van der Waals surface area contributed by atoms with Crippen molar-refractivity contribution in [3.8, 4) is 22.5 Å². The number of benzene rings is 2. The molecule has 0 N–H and O–H groups in total. The molecule has 5 rings (SSSR count). The molecule has 0 radical (unpaired) electrons. The van der Waals surface area contributed by atoms with Gasteiger partial charge in [0.15, 0.2) is 10.1 Å². The maximum atomic E-state index is 10.7. The van der Waals surface area contributed by atoms with E-state index in [1.165, 1.54) is 52.0 Å². The molecule has 32 heavy (non-hydrogen) atoms. The number of alkyl halides is 3. The predicted octanol–water partition coefficient (Wildman–Crippen LogP) is 5.92. The average Bonchev–Trinajstić information content (AvgIpc) is 2.77. The first kappa shape index (κ1) is 22.5. The van der Waals surface area contributed by atoms with E-state index in [4.69, 9.17) is 17.4 Å². The van der Waals surface area contributed by atoms with Crippen molar-refractivity contribution in [2.24, 2.45) is 0 Å². The minimum absolute atomic E-state index is 1.07. The van der Waals surface area contributed by atoms with E-state index < -0.39 is 15.6 Å². The quantitative estimate of drug-likeness (QED) is 0.256. The Hall–Kier alpha value is -2.71. The van der Waals surface area contributed by atoms with Gasteiger partial charge in [-0.1, -0.05) is 48.5 Å². The van der Waals surface area contributed by atoms with E-state index in [-0.39, 0.29) is 0 Å². The minimum Gasteiger partial charge on any atom is -0.741 e. The van der Waals surface area contributed by atoms with Crippen LogP contribution in [0.4, 0.5) is 13.2 Å². The van der Waals surface area contributed by atoms with Gasteiger partial charge in [0.25, 0.3) is 0 Å². The molecule has 0 fully saturated rings. The third-order valence-corrected chi connectivity index (χ3v) is 6.34.